The second-order valence-electron chi connectivity index (χ2n) is 6.91. The van der Waals surface area contributed by atoms with Crippen molar-refractivity contribution in [1.29, 1.82) is 0 Å². The summed E-state index contributed by atoms with van der Waals surface area (Å²) in [4.78, 5) is 24.2. The molecule has 0 unspecified atom stereocenters. The number of nitrogens with one attached hydrogen (secondary N) is 1. The minimum Gasteiger partial charge on any atom is -0.481 e. The number of hydrogen-bond acceptors (Lipinski definition) is 4. The molecule has 4 atom stereocenters. The van der Waals surface area contributed by atoms with Crippen LogP contribution in [-0.2, 0) is 9.59 Å². The SMILES string of the molecule is O=C(Nc1ccc(N=Nc2ccccc2)cc1)[C@@H]1[C@H](C(=O)O)[C@H]2C=C[C@H]1C2. The smallest absolute Gasteiger partial charge is 0.307 e. The molecule has 136 valence electrons. The van der Waals surface area contributed by atoms with Gasteiger partial charge >= 0.3 is 5.97 Å². The summed E-state index contributed by atoms with van der Waals surface area (Å²) in [6.07, 6.45) is 4.65. The molecule has 2 aliphatic carbocycles. The maximum atomic E-state index is 12.7. The Bertz CT molecular complexity index is 906. The van der Waals surface area contributed by atoms with Gasteiger partial charge in [0.25, 0.3) is 0 Å². The largest absolute Gasteiger partial charge is 0.481 e. The van der Waals surface area contributed by atoms with Crippen molar-refractivity contribution < 1.29 is 14.7 Å². The Morgan fingerprint density at radius 3 is 2.07 bits per heavy atom. The van der Waals surface area contributed by atoms with Crippen LogP contribution in [0.25, 0.3) is 0 Å². The summed E-state index contributed by atoms with van der Waals surface area (Å²) in [5, 5.41) is 20.6. The van der Waals surface area contributed by atoms with Gasteiger partial charge in [0.15, 0.2) is 0 Å². The van der Waals surface area contributed by atoms with Crippen LogP contribution in [0, 0.1) is 23.7 Å². The van der Waals surface area contributed by atoms with Gasteiger partial charge in [-0.2, -0.15) is 10.2 Å². The summed E-state index contributed by atoms with van der Waals surface area (Å²) in [5.41, 5.74) is 2.05. The number of anilines is 1. The molecule has 6 heteroatoms. The van der Waals surface area contributed by atoms with Gasteiger partial charge in [0, 0.05) is 5.69 Å². The number of aliphatic carboxylic acids is 1. The van der Waals surface area contributed by atoms with Crippen molar-refractivity contribution >= 4 is 28.9 Å². The molecular formula is C21H19N3O3. The summed E-state index contributed by atoms with van der Waals surface area (Å²) in [5.74, 6) is -2.32. The molecule has 0 radical (unpaired) electrons. The van der Waals surface area contributed by atoms with Gasteiger partial charge in [0.05, 0.1) is 23.2 Å². The Kier molecular flexibility index (Phi) is 4.54. The first-order chi connectivity index (χ1) is 13.1. The number of azo groups is 1. The number of hydrogen-bond donors (Lipinski definition) is 2. The summed E-state index contributed by atoms with van der Waals surface area (Å²) >= 11 is 0. The maximum Gasteiger partial charge on any atom is 0.307 e. The standard InChI is InChI=1S/C21H19N3O3/c25-20(18-13-6-7-14(12-13)19(18)21(26)27)22-15-8-10-17(11-9-15)24-23-16-4-2-1-3-5-16/h1-11,13-14,18-19H,12H2,(H,22,25)(H,26,27)/t13-,14-,18-,19+/m0/s1. The monoisotopic (exact) mass is 361 g/mol. The zero-order chi connectivity index (χ0) is 18.8. The van der Waals surface area contributed by atoms with E-state index in [9.17, 15) is 14.7 Å². The van der Waals surface area contributed by atoms with Gasteiger partial charge in [0.1, 0.15) is 0 Å². The Balaban J connectivity index is 1.43. The van der Waals surface area contributed by atoms with Crippen molar-refractivity contribution in [2.45, 2.75) is 6.42 Å². The van der Waals surface area contributed by atoms with Crippen LogP contribution in [0.4, 0.5) is 17.1 Å². The molecule has 0 spiro atoms. The fourth-order valence-electron chi connectivity index (χ4n) is 3.96. The van der Waals surface area contributed by atoms with Gasteiger partial charge in [0.2, 0.25) is 5.91 Å². The highest BCUT2D eigenvalue weighted by Crippen LogP contribution is 2.48. The highest BCUT2D eigenvalue weighted by Gasteiger charge is 2.51. The minimum absolute atomic E-state index is 0.00930. The van der Waals surface area contributed by atoms with Crippen LogP contribution in [0.15, 0.2) is 77.0 Å². The molecule has 1 amide bonds. The lowest BCUT2D eigenvalue weighted by Crippen LogP contribution is -2.36. The zero-order valence-corrected chi connectivity index (χ0v) is 14.5. The number of benzene rings is 2. The van der Waals surface area contributed by atoms with Crippen molar-refractivity contribution in [2.75, 3.05) is 5.32 Å². The third kappa shape index (κ3) is 3.51. The van der Waals surface area contributed by atoms with Gasteiger partial charge < -0.3 is 10.4 Å². The minimum atomic E-state index is -0.899. The number of allylic oxidation sites excluding steroid dienone is 2. The predicted octanol–water partition coefficient (Wildman–Crippen LogP) is 4.56. The maximum absolute atomic E-state index is 12.7. The Labute approximate surface area is 156 Å². The Morgan fingerprint density at radius 2 is 1.44 bits per heavy atom. The lowest BCUT2D eigenvalue weighted by Gasteiger charge is -2.23. The molecule has 1 saturated carbocycles. The Hall–Kier alpha value is -3.28. The second kappa shape index (κ2) is 7.15. The first-order valence-corrected chi connectivity index (χ1v) is 8.90. The number of amides is 1. The highest BCUT2D eigenvalue weighted by molar-refractivity contribution is 5.96. The number of nitrogens with zero attached hydrogens (tertiary/aromatic N) is 2. The number of fused-ring (bicyclic) bond motifs is 2. The zero-order valence-electron chi connectivity index (χ0n) is 14.5. The van der Waals surface area contributed by atoms with Crippen molar-refractivity contribution in [3.05, 3.63) is 66.7 Å². The Morgan fingerprint density at radius 1 is 0.852 bits per heavy atom. The van der Waals surface area contributed by atoms with Crippen molar-refractivity contribution in [3.63, 3.8) is 0 Å². The van der Waals surface area contributed by atoms with Crippen LogP contribution in [-0.4, -0.2) is 17.0 Å². The third-order valence-electron chi connectivity index (χ3n) is 5.22. The number of carboxylic acids is 1. The fraction of sp³-hybridized carbons (Fsp3) is 0.238. The van der Waals surface area contributed by atoms with E-state index in [0.717, 1.165) is 12.1 Å². The number of carboxylic acid groups (broad SMARTS) is 1. The van der Waals surface area contributed by atoms with E-state index in [2.05, 4.69) is 15.5 Å². The van der Waals surface area contributed by atoms with E-state index in [-0.39, 0.29) is 17.7 Å². The van der Waals surface area contributed by atoms with Crippen LogP contribution in [0.3, 0.4) is 0 Å². The van der Waals surface area contributed by atoms with Gasteiger partial charge in [-0.1, -0.05) is 30.4 Å². The van der Waals surface area contributed by atoms with E-state index in [4.69, 9.17) is 0 Å². The molecule has 0 saturated heterocycles. The van der Waals surface area contributed by atoms with Gasteiger partial charge in [-0.25, -0.2) is 0 Å². The first kappa shape index (κ1) is 17.1. The van der Waals surface area contributed by atoms with Crippen LogP contribution < -0.4 is 5.32 Å². The topological polar surface area (TPSA) is 91.1 Å². The van der Waals surface area contributed by atoms with E-state index in [1.807, 2.05) is 42.5 Å². The van der Waals surface area contributed by atoms with Gasteiger partial charge in [-0.05, 0) is 54.7 Å². The third-order valence-corrected chi connectivity index (χ3v) is 5.22. The quantitative estimate of drug-likeness (QED) is 0.604. The molecule has 2 aliphatic rings. The molecule has 6 nitrogen and oxygen atoms in total. The summed E-state index contributed by atoms with van der Waals surface area (Å²) < 4.78 is 0. The molecule has 2 N–H and O–H groups in total. The average molecular weight is 361 g/mol. The molecule has 0 aliphatic heterocycles. The number of rotatable bonds is 5. The molecule has 2 bridgehead atoms. The van der Waals surface area contributed by atoms with E-state index in [1.54, 1.807) is 24.3 Å². The molecule has 0 heterocycles. The molecule has 2 aromatic rings. The molecular weight excluding hydrogens is 342 g/mol. The number of carbonyl (C=O) groups excluding carboxylic acids is 1. The van der Waals surface area contributed by atoms with E-state index >= 15 is 0 Å². The molecule has 27 heavy (non-hydrogen) atoms. The lowest BCUT2D eigenvalue weighted by molar-refractivity contribution is -0.146. The summed E-state index contributed by atoms with van der Waals surface area (Å²) in [6, 6.07) is 16.4. The van der Waals surface area contributed by atoms with Gasteiger partial charge in [-0.15, -0.1) is 0 Å². The summed E-state index contributed by atoms with van der Waals surface area (Å²) in [6.45, 7) is 0. The highest BCUT2D eigenvalue weighted by atomic mass is 16.4. The molecule has 0 aromatic heterocycles. The molecule has 2 aromatic carbocycles. The van der Waals surface area contributed by atoms with Crippen molar-refractivity contribution in [3.8, 4) is 0 Å². The normalized spacial score (nSPS) is 25.8. The van der Waals surface area contributed by atoms with Crippen molar-refractivity contribution in [1.82, 2.24) is 0 Å². The van der Waals surface area contributed by atoms with Gasteiger partial charge in [-0.3, -0.25) is 9.59 Å². The van der Waals surface area contributed by atoms with Crippen LogP contribution >= 0.6 is 0 Å². The average Bonchev–Trinajstić information content (AvgIpc) is 3.30. The molecule has 4 rings (SSSR count). The first-order valence-electron chi connectivity index (χ1n) is 8.90. The summed E-state index contributed by atoms with van der Waals surface area (Å²) in [7, 11) is 0. The second-order valence-corrected chi connectivity index (χ2v) is 6.91. The molecule has 1 fully saturated rings. The predicted molar refractivity (Wildman–Crippen MR) is 101 cm³/mol. The van der Waals surface area contributed by atoms with Crippen LogP contribution in [0.1, 0.15) is 6.42 Å². The van der Waals surface area contributed by atoms with Crippen LogP contribution in [0.2, 0.25) is 0 Å². The lowest BCUT2D eigenvalue weighted by atomic mass is 9.82. The van der Waals surface area contributed by atoms with E-state index in [0.29, 0.717) is 11.4 Å². The van der Waals surface area contributed by atoms with E-state index < -0.39 is 17.8 Å². The fourth-order valence-corrected chi connectivity index (χ4v) is 3.96. The number of carbonyl (C=O) groups is 2. The van der Waals surface area contributed by atoms with Crippen LogP contribution in [0.5, 0.6) is 0 Å². The van der Waals surface area contributed by atoms with E-state index in [1.165, 1.54) is 0 Å². The van der Waals surface area contributed by atoms with Crippen molar-refractivity contribution in [2.24, 2.45) is 33.9 Å².